The van der Waals surface area contributed by atoms with Crippen LogP contribution in [0.4, 0.5) is 0 Å². The fraction of sp³-hybridized carbons (Fsp3) is 0.938. The lowest BCUT2D eigenvalue weighted by molar-refractivity contribution is -0.147. The number of amides is 1. The van der Waals surface area contributed by atoms with Crippen molar-refractivity contribution in [3.05, 3.63) is 0 Å². The summed E-state index contributed by atoms with van der Waals surface area (Å²) < 4.78 is 0. The van der Waals surface area contributed by atoms with Crippen molar-refractivity contribution in [2.45, 2.75) is 58.4 Å². The highest BCUT2D eigenvalue weighted by molar-refractivity contribution is 5.83. The van der Waals surface area contributed by atoms with Gasteiger partial charge in [0.2, 0.25) is 5.91 Å². The average molecular weight is 265 g/mol. The molecule has 19 heavy (non-hydrogen) atoms. The van der Waals surface area contributed by atoms with Gasteiger partial charge in [-0.2, -0.15) is 0 Å². The molecule has 2 N–H and O–H groups in total. The minimum atomic E-state index is -0.0863. The Morgan fingerprint density at radius 1 is 1.16 bits per heavy atom. The smallest absolute Gasteiger partial charge is 0.226 e. The van der Waals surface area contributed by atoms with Crippen molar-refractivity contribution in [1.82, 2.24) is 5.32 Å². The van der Waals surface area contributed by atoms with Crippen molar-refractivity contribution in [3.63, 3.8) is 0 Å². The predicted molar refractivity (Wildman–Crippen MR) is 74.5 cm³/mol. The van der Waals surface area contributed by atoms with E-state index in [1.807, 2.05) is 0 Å². The summed E-state index contributed by atoms with van der Waals surface area (Å²) in [6.07, 6.45) is 7.38. The molecule has 0 aromatic carbocycles. The van der Waals surface area contributed by atoms with Gasteiger partial charge in [0, 0.05) is 5.41 Å². The van der Waals surface area contributed by atoms with Crippen LogP contribution in [0.5, 0.6) is 0 Å². The van der Waals surface area contributed by atoms with E-state index in [1.54, 1.807) is 0 Å². The third-order valence-corrected chi connectivity index (χ3v) is 5.84. The number of nitrogens with one attached hydrogen (secondary N) is 1. The summed E-state index contributed by atoms with van der Waals surface area (Å²) in [6, 6.07) is -0.0829. The topological polar surface area (TPSA) is 49.3 Å². The van der Waals surface area contributed by atoms with Gasteiger partial charge in [-0.15, -0.1) is 0 Å². The maximum atomic E-state index is 12.7. The molecule has 0 radical (unpaired) electrons. The zero-order chi connectivity index (χ0) is 13.6. The highest BCUT2D eigenvalue weighted by Gasteiger charge is 2.54. The third kappa shape index (κ3) is 2.31. The fourth-order valence-electron chi connectivity index (χ4n) is 5.13. The van der Waals surface area contributed by atoms with Gasteiger partial charge in [-0.05, 0) is 62.2 Å². The second-order valence-corrected chi connectivity index (χ2v) is 7.70. The van der Waals surface area contributed by atoms with E-state index in [0.717, 1.165) is 37.0 Å². The zero-order valence-electron chi connectivity index (χ0n) is 12.2. The van der Waals surface area contributed by atoms with Crippen molar-refractivity contribution in [2.24, 2.45) is 29.1 Å². The SMILES string of the molecule is CC(C)[C@@H](CO)NC(=O)C12CC3CC(CC(C3)C1)C2. The molecule has 4 saturated carbocycles. The number of aliphatic hydroxyl groups excluding tert-OH is 1. The monoisotopic (exact) mass is 265 g/mol. The van der Waals surface area contributed by atoms with Crippen molar-refractivity contribution < 1.29 is 9.90 Å². The van der Waals surface area contributed by atoms with Gasteiger partial charge in [0.15, 0.2) is 0 Å². The molecule has 0 aliphatic heterocycles. The van der Waals surface area contributed by atoms with Crippen LogP contribution in [0, 0.1) is 29.1 Å². The van der Waals surface area contributed by atoms with E-state index in [-0.39, 0.29) is 24.0 Å². The van der Waals surface area contributed by atoms with Crippen molar-refractivity contribution in [2.75, 3.05) is 6.61 Å². The Labute approximate surface area is 116 Å². The first-order valence-electron chi connectivity index (χ1n) is 7.94. The molecular weight excluding hydrogens is 238 g/mol. The quantitative estimate of drug-likeness (QED) is 0.819. The van der Waals surface area contributed by atoms with Gasteiger partial charge in [0.05, 0.1) is 12.6 Å². The van der Waals surface area contributed by atoms with E-state index in [9.17, 15) is 9.90 Å². The first-order chi connectivity index (χ1) is 9.02. The van der Waals surface area contributed by atoms with Gasteiger partial charge in [-0.1, -0.05) is 13.8 Å². The summed E-state index contributed by atoms with van der Waals surface area (Å²) in [6.45, 7) is 4.16. The summed E-state index contributed by atoms with van der Waals surface area (Å²) in [5.41, 5.74) is -0.0863. The van der Waals surface area contributed by atoms with E-state index in [1.165, 1.54) is 19.3 Å². The van der Waals surface area contributed by atoms with E-state index < -0.39 is 0 Å². The van der Waals surface area contributed by atoms with Crippen molar-refractivity contribution in [1.29, 1.82) is 0 Å². The number of carbonyl (C=O) groups excluding carboxylic acids is 1. The lowest BCUT2D eigenvalue weighted by Crippen LogP contribution is -2.56. The lowest BCUT2D eigenvalue weighted by atomic mass is 9.49. The summed E-state index contributed by atoms with van der Waals surface area (Å²) in [7, 11) is 0. The van der Waals surface area contributed by atoms with Gasteiger partial charge in [0.25, 0.3) is 0 Å². The minimum Gasteiger partial charge on any atom is -0.394 e. The first-order valence-corrected chi connectivity index (χ1v) is 7.94. The van der Waals surface area contributed by atoms with Crippen LogP contribution in [-0.4, -0.2) is 23.7 Å². The number of rotatable bonds is 4. The van der Waals surface area contributed by atoms with Crippen molar-refractivity contribution in [3.8, 4) is 0 Å². The minimum absolute atomic E-state index is 0.0514. The van der Waals surface area contributed by atoms with E-state index in [4.69, 9.17) is 0 Å². The van der Waals surface area contributed by atoms with Crippen LogP contribution in [-0.2, 0) is 4.79 Å². The van der Waals surface area contributed by atoms with Crippen LogP contribution < -0.4 is 5.32 Å². The summed E-state index contributed by atoms with van der Waals surface area (Å²) in [5.74, 6) is 2.91. The molecule has 3 nitrogen and oxygen atoms in total. The van der Waals surface area contributed by atoms with Crippen LogP contribution in [0.25, 0.3) is 0 Å². The molecule has 1 atom stereocenters. The second-order valence-electron chi connectivity index (χ2n) is 7.70. The van der Waals surface area contributed by atoms with Gasteiger partial charge in [0.1, 0.15) is 0 Å². The molecule has 4 bridgehead atoms. The number of hydrogen-bond donors (Lipinski definition) is 2. The molecule has 0 spiro atoms. The normalized spacial score (nSPS) is 41.6. The molecule has 0 aromatic rings. The fourth-order valence-corrected chi connectivity index (χ4v) is 5.13. The first kappa shape index (κ1) is 13.4. The molecule has 0 aromatic heterocycles. The third-order valence-electron chi connectivity index (χ3n) is 5.84. The van der Waals surface area contributed by atoms with Crippen LogP contribution in [0.1, 0.15) is 52.4 Å². The van der Waals surface area contributed by atoms with Gasteiger partial charge >= 0.3 is 0 Å². The highest BCUT2D eigenvalue weighted by Crippen LogP contribution is 2.60. The number of hydrogen-bond acceptors (Lipinski definition) is 2. The van der Waals surface area contributed by atoms with E-state index >= 15 is 0 Å². The highest BCUT2D eigenvalue weighted by atomic mass is 16.3. The Bertz CT molecular complexity index is 328. The number of carbonyl (C=O) groups is 1. The van der Waals surface area contributed by atoms with Gasteiger partial charge < -0.3 is 10.4 Å². The molecule has 108 valence electrons. The summed E-state index contributed by atoms with van der Waals surface area (Å²) in [4.78, 5) is 12.7. The molecule has 0 heterocycles. The van der Waals surface area contributed by atoms with E-state index in [2.05, 4.69) is 19.2 Å². The van der Waals surface area contributed by atoms with Gasteiger partial charge in [-0.3, -0.25) is 4.79 Å². The van der Waals surface area contributed by atoms with Crippen LogP contribution >= 0.6 is 0 Å². The molecule has 3 heteroatoms. The molecule has 0 unspecified atom stereocenters. The molecular formula is C16H27NO2. The van der Waals surface area contributed by atoms with Gasteiger partial charge in [-0.25, -0.2) is 0 Å². The van der Waals surface area contributed by atoms with Crippen LogP contribution in [0.2, 0.25) is 0 Å². The Kier molecular flexibility index (Phi) is 3.36. The molecule has 4 aliphatic rings. The Hall–Kier alpha value is -0.570. The molecule has 0 saturated heterocycles. The average Bonchev–Trinajstić information content (AvgIpc) is 2.33. The second kappa shape index (κ2) is 4.76. The Morgan fingerprint density at radius 3 is 2.00 bits per heavy atom. The van der Waals surface area contributed by atoms with E-state index in [0.29, 0.717) is 5.92 Å². The predicted octanol–water partition coefficient (Wildman–Crippen LogP) is 2.34. The van der Waals surface area contributed by atoms with Crippen LogP contribution in [0.3, 0.4) is 0 Å². The summed E-state index contributed by atoms with van der Waals surface area (Å²) >= 11 is 0. The molecule has 4 aliphatic carbocycles. The largest absolute Gasteiger partial charge is 0.394 e. The number of aliphatic hydroxyl groups is 1. The maximum Gasteiger partial charge on any atom is 0.226 e. The van der Waals surface area contributed by atoms with Crippen LogP contribution in [0.15, 0.2) is 0 Å². The van der Waals surface area contributed by atoms with Crippen molar-refractivity contribution >= 4 is 5.91 Å². The Morgan fingerprint density at radius 2 is 1.63 bits per heavy atom. The zero-order valence-corrected chi connectivity index (χ0v) is 12.2. The Balaban J connectivity index is 1.72. The maximum absolute atomic E-state index is 12.7. The molecule has 4 rings (SSSR count). The molecule has 1 amide bonds. The summed E-state index contributed by atoms with van der Waals surface area (Å²) in [5, 5.41) is 12.5. The lowest BCUT2D eigenvalue weighted by Gasteiger charge is -2.56. The standard InChI is InChI=1S/C16H27NO2/c1-10(2)14(9-18)17-15(19)16-6-11-3-12(7-16)5-13(4-11)8-16/h10-14,18H,3-9H2,1-2H3,(H,17,19)/t11?,12?,13?,14-,16?/m1/s1. The molecule has 4 fully saturated rings.